The molecule has 4 rings (SSSR count). The van der Waals surface area contributed by atoms with E-state index in [1.807, 2.05) is 6.07 Å². The van der Waals surface area contributed by atoms with Gasteiger partial charge in [0.25, 0.3) is 0 Å². The minimum Gasteiger partial charge on any atom is -0.324 e. The molecule has 0 atom stereocenters. The quantitative estimate of drug-likeness (QED) is 0.734. The zero-order valence-electron chi connectivity index (χ0n) is 13.4. The van der Waals surface area contributed by atoms with Crippen LogP contribution >= 0.6 is 0 Å². The second-order valence-electron chi connectivity index (χ2n) is 5.71. The van der Waals surface area contributed by atoms with E-state index in [4.69, 9.17) is 0 Å². The number of benzene rings is 1. The first-order valence-electron chi connectivity index (χ1n) is 7.85. The molecule has 6 nitrogen and oxygen atoms in total. The fraction of sp³-hybridized carbons (Fsp3) is 0.176. The van der Waals surface area contributed by atoms with Gasteiger partial charge < -0.3 is 5.32 Å². The monoisotopic (exact) mass is 358 g/mol. The van der Waals surface area contributed by atoms with Crippen LogP contribution in [0.3, 0.4) is 0 Å². The molecule has 0 bridgehead atoms. The first-order chi connectivity index (χ1) is 12.5. The van der Waals surface area contributed by atoms with Crippen molar-refractivity contribution in [3.05, 3.63) is 53.9 Å². The smallest absolute Gasteiger partial charge is 0.324 e. The van der Waals surface area contributed by atoms with E-state index < -0.39 is 11.7 Å². The van der Waals surface area contributed by atoms with Gasteiger partial charge in [-0.1, -0.05) is 6.07 Å². The number of nitrogens with zero attached hydrogens (tertiary/aromatic N) is 4. The Kier molecular flexibility index (Phi) is 3.90. The molecule has 3 aromatic rings. The first kappa shape index (κ1) is 16.2. The standard InChI is InChI=1S/C17H13F3N6/c18-17(19,20)10-2-1-3-11(8-10)24-16-22-7-5-14(25-16)12-4-6-21-15-13(12)9-23-26-15/h1-4,6,8-9H,5,7H2,(H,22,24)(H,21,23,26). The highest BCUT2D eigenvalue weighted by molar-refractivity contribution is 6.16. The lowest BCUT2D eigenvalue weighted by Gasteiger charge is -2.15. The summed E-state index contributed by atoms with van der Waals surface area (Å²) in [5, 5.41) is 10.5. The number of hydrogen-bond acceptors (Lipinski definition) is 5. The van der Waals surface area contributed by atoms with Gasteiger partial charge >= 0.3 is 6.18 Å². The summed E-state index contributed by atoms with van der Waals surface area (Å²) < 4.78 is 38.5. The van der Waals surface area contributed by atoms with Crippen molar-refractivity contribution >= 4 is 28.4 Å². The third-order valence-corrected chi connectivity index (χ3v) is 3.96. The lowest BCUT2D eigenvalue weighted by Crippen LogP contribution is -2.19. The van der Waals surface area contributed by atoms with E-state index in [9.17, 15) is 13.2 Å². The maximum atomic E-state index is 12.8. The first-order valence-corrected chi connectivity index (χ1v) is 7.85. The predicted molar refractivity (Wildman–Crippen MR) is 92.4 cm³/mol. The van der Waals surface area contributed by atoms with Gasteiger partial charge in [0, 0.05) is 35.8 Å². The van der Waals surface area contributed by atoms with Crippen LogP contribution in [0.15, 0.2) is 52.7 Å². The summed E-state index contributed by atoms with van der Waals surface area (Å²) in [4.78, 5) is 12.9. The average Bonchev–Trinajstić information content (AvgIpc) is 3.10. The second-order valence-corrected chi connectivity index (χ2v) is 5.71. The van der Waals surface area contributed by atoms with Gasteiger partial charge in [-0.3, -0.25) is 10.1 Å². The molecule has 0 fully saturated rings. The number of aromatic amines is 1. The average molecular weight is 358 g/mol. The molecule has 3 heterocycles. The molecule has 0 unspecified atom stereocenters. The molecule has 0 spiro atoms. The van der Waals surface area contributed by atoms with Crippen LogP contribution in [0.5, 0.6) is 0 Å². The largest absolute Gasteiger partial charge is 0.416 e. The maximum absolute atomic E-state index is 12.8. The number of rotatable bonds is 2. The Morgan fingerprint density at radius 2 is 2.04 bits per heavy atom. The molecule has 0 amide bonds. The summed E-state index contributed by atoms with van der Waals surface area (Å²) in [5.74, 6) is 0.277. The van der Waals surface area contributed by atoms with Gasteiger partial charge in [0.1, 0.15) is 0 Å². The van der Waals surface area contributed by atoms with Crippen molar-refractivity contribution in [3.8, 4) is 0 Å². The van der Waals surface area contributed by atoms with Crippen LogP contribution in [0, 0.1) is 0 Å². The zero-order valence-corrected chi connectivity index (χ0v) is 13.4. The van der Waals surface area contributed by atoms with Crippen molar-refractivity contribution in [2.45, 2.75) is 12.6 Å². The van der Waals surface area contributed by atoms with Crippen molar-refractivity contribution in [1.82, 2.24) is 15.2 Å². The van der Waals surface area contributed by atoms with Gasteiger partial charge in [0.2, 0.25) is 5.96 Å². The molecular weight excluding hydrogens is 345 g/mol. The summed E-state index contributed by atoms with van der Waals surface area (Å²) >= 11 is 0. The Balaban J connectivity index is 1.63. The Labute approximate surface area is 145 Å². The molecule has 0 radical (unpaired) electrons. The number of H-pyrrole nitrogens is 1. The van der Waals surface area contributed by atoms with Crippen molar-refractivity contribution in [1.29, 1.82) is 0 Å². The van der Waals surface area contributed by atoms with Crippen LogP contribution < -0.4 is 5.32 Å². The Bertz CT molecular complexity index is 1020. The van der Waals surface area contributed by atoms with Crippen LogP contribution in [0.4, 0.5) is 18.9 Å². The minimum absolute atomic E-state index is 0.277. The van der Waals surface area contributed by atoms with Crippen molar-refractivity contribution in [2.24, 2.45) is 9.98 Å². The van der Waals surface area contributed by atoms with E-state index in [-0.39, 0.29) is 11.6 Å². The number of guanidine groups is 1. The summed E-state index contributed by atoms with van der Waals surface area (Å²) in [7, 11) is 0. The SMILES string of the molecule is FC(F)(F)c1cccc(NC2=NCCC(c3ccnc4[nH]ncc34)=N2)c1. The third kappa shape index (κ3) is 3.15. The molecule has 2 N–H and O–H groups in total. The topological polar surface area (TPSA) is 78.3 Å². The van der Waals surface area contributed by atoms with Gasteiger partial charge in [-0.05, 0) is 24.3 Å². The molecule has 132 valence electrons. The zero-order chi connectivity index (χ0) is 18.1. The van der Waals surface area contributed by atoms with Crippen LogP contribution in [0.1, 0.15) is 17.5 Å². The number of pyridine rings is 1. The van der Waals surface area contributed by atoms with Crippen LogP contribution in [0.25, 0.3) is 11.0 Å². The molecule has 1 aliphatic heterocycles. The normalized spacial score (nSPS) is 14.9. The fourth-order valence-corrected chi connectivity index (χ4v) is 2.75. The highest BCUT2D eigenvalue weighted by Crippen LogP contribution is 2.30. The Morgan fingerprint density at radius 1 is 1.15 bits per heavy atom. The maximum Gasteiger partial charge on any atom is 0.416 e. The molecule has 26 heavy (non-hydrogen) atoms. The minimum atomic E-state index is -4.40. The third-order valence-electron chi connectivity index (χ3n) is 3.96. The molecule has 0 saturated carbocycles. The van der Waals surface area contributed by atoms with Crippen molar-refractivity contribution in [2.75, 3.05) is 11.9 Å². The summed E-state index contributed by atoms with van der Waals surface area (Å²) in [6.07, 6.45) is -0.446. The molecular formula is C17H13F3N6. The highest BCUT2D eigenvalue weighted by atomic mass is 19.4. The number of aliphatic imine (C=N–C) groups is 2. The van der Waals surface area contributed by atoms with Gasteiger partial charge in [-0.15, -0.1) is 0 Å². The Hall–Kier alpha value is -3.23. The fourth-order valence-electron chi connectivity index (χ4n) is 2.75. The molecule has 0 aliphatic carbocycles. The van der Waals surface area contributed by atoms with E-state index in [1.54, 1.807) is 18.5 Å². The molecule has 0 saturated heterocycles. The van der Waals surface area contributed by atoms with E-state index in [0.29, 0.717) is 18.6 Å². The molecule has 1 aliphatic rings. The van der Waals surface area contributed by atoms with Gasteiger partial charge in [0.15, 0.2) is 5.65 Å². The number of alkyl halides is 3. The Morgan fingerprint density at radius 3 is 2.88 bits per heavy atom. The number of nitrogens with one attached hydrogen (secondary N) is 2. The summed E-state index contributed by atoms with van der Waals surface area (Å²) in [5.41, 5.74) is 1.87. The van der Waals surface area contributed by atoms with E-state index in [1.165, 1.54) is 6.07 Å². The van der Waals surface area contributed by atoms with Crippen LogP contribution in [-0.2, 0) is 6.18 Å². The molecule has 2 aromatic heterocycles. The van der Waals surface area contributed by atoms with Gasteiger partial charge in [-0.25, -0.2) is 9.98 Å². The summed E-state index contributed by atoms with van der Waals surface area (Å²) in [6, 6.07) is 6.78. The molecule has 9 heteroatoms. The van der Waals surface area contributed by atoms with E-state index >= 15 is 0 Å². The number of fused-ring (bicyclic) bond motifs is 1. The van der Waals surface area contributed by atoms with Gasteiger partial charge in [-0.2, -0.15) is 18.3 Å². The lowest BCUT2D eigenvalue weighted by atomic mass is 10.1. The van der Waals surface area contributed by atoms with Crippen molar-refractivity contribution in [3.63, 3.8) is 0 Å². The lowest BCUT2D eigenvalue weighted by molar-refractivity contribution is -0.137. The van der Waals surface area contributed by atoms with Crippen LogP contribution in [0.2, 0.25) is 0 Å². The second kappa shape index (κ2) is 6.25. The van der Waals surface area contributed by atoms with E-state index in [2.05, 4.69) is 30.5 Å². The predicted octanol–water partition coefficient (Wildman–Crippen LogP) is 3.64. The number of hydrogen-bond donors (Lipinski definition) is 2. The number of aromatic nitrogens is 3. The summed E-state index contributed by atoms with van der Waals surface area (Å²) in [6.45, 7) is 0.488. The van der Waals surface area contributed by atoms with E-state index in [0.717, 1.165) is 28.8 Å². The molecule has 1 aromatic carbocycles. The highest BCUT2D eigenvalue weighted by Gasteiger charge is 2.30. The van der Waals surface area contributed by atoms with Crippen molar-refractivity contribution < 1.29 is 13.2 Å². The number of anilines is 1. The van der Waals surface area contributed by atoms with Gasteiger partial charge in [0.05, 0.1) is 17.5 Å². The van der Waals surface area contributed by atoms with Crippen LogP contribution in [-0.4, -0.2) is 33.4 Å². The number of halogens is 3.